The van der Waals surface area contributed by atoms with Crippen molar-refractivity contribution < 1.29 is 17.9 Å². The normalized spacial score (nSPS) is 19.0. The standard InChI is InChI=1S/C26H26N6O4S/c33-26(30-37(34,35)24-13-20-14-36-15-23(17-4-5-17)32(20)29-24)28-25-21-3-1-2-16(21)6-7-22(25)18-9-11-31-19(12-18)8-10-27-31/h6-13,17,23H,1-5,14-15H2,(H2,28,30,33). The van der Waals surface area contributed by atoms with E-state index >= 15 is 0 Å². The Labute approximate surface area is 213 Å². The van der Waals surface area contributed by atoms with Crippen LogP contribution < -0.4 is 10.0 Å². The third-order valence-corrected chi connectivity index (χ3v) is 8.75. The summed E-state index contributed by atoms with van der Waals surface area (Å²) in [5.74, 6) is 0.464. The molecule has 7 rings (SSSR count). The van der Waals surface area contributed by atoms with Crippen LogP contribution in [-0.4, -0.2) is 40.5 Å². The van der Waals surface area contributed by atoms with Gasteiger partial charge in [-0.15, -0.1) is 0 Å². The zero-order valence-corrected chi connectivity index (χ0v) is 20.9. The van der Waals surface area contributed by atoms with Gasteiger partial charge in [0.1, 0.15) is 0 Å². The lowest BCUT2D eigenvalue weighted by molar-refractivity contribution is 0.0440. The molecule has 0 saturated heterocycles. The van der Waals surface area contributed by atoms with Crippen molar-refractivity contribution in [2.24, 2.45) is 5.92 Å². The molecule has 0 spiro atoms. The number of hydrogen-bond acceptors (Lipinski definition) is 6. The number of ether oxygens (including phenoxy) is 1. The van der Waals surface area contributed by atoms with Crippen LogP contribution in [-0.2, 0) is 34.2 Å². The summed E-state index contributed by atoms with van der Waals surface area (Å²) in [6, 6.07) is 10.6. The number of nitrogens with zero attached hydrogens (tertiary/aromatic N) is 4. The van der Waals surface area contributed by atoms with Crippen molar-refractivity contribution in [3.8, 4) is 11.1 Å². The summed E-state index contributed by atoms with van der Waals surface area (Å²) in [5, 5.41) is 11.3. The lowest BCUT2D eigenvalue weighted by atomic mass is 9.97. The first kappa shape index (κ1) is 22.5. The number of rotatable bonds is 5. The lowest BCUT2D eigenvalue weighted by Crippen LogP contribution is -2.35. The Morgan fingerprint density at radius 1 is 1.11 bits per heavy atom. The van der Waals surface area contributed by atoms with Crippen molar-refractivity contribution in [2.45, 2.75) is 49.8 Å². The molecule has 3 aliphatic rings. The molecule has 1 aromatic carbocycles. The first-order valence-corrected chi connectivity index (χ1v) is 14.0. The van der Waals surface area contributed by atoms with Crippen molar-refractivity contribution in [1.82, 2.24) is 24.1 Å². The molecule has 10 nitrogen and oxygen atoms in total. The van der Waals surface area contributed by atoms with Crippen LogP contribution in [0.4, 0.5) is 10.5 Å². The quantitative estimate of drug-likeness (QED) is 0.416. The van der Waals surface area contributed by atoms with E-state index in [4.69, 9.17) is 4.74 Å². The Morgan fingerprint density at radius 3 is 2.86 bits per heavy atom. The van der Waals surface area contributed by atoms with Crippen LogP contribution in [0.5, 0.6) is 0 Å². The minimum atomic E-state index is -4.18. The first-order valence-electron chi connectivity index (χ1n) is 12.5. The number of fused-ring (bicyclic) bond motifs is 3. The minimum absolute atomic E-state index is 0.0455. The number of carbonyl (C=O) groups excluding carboxylic acids is 1. The summed E-state index contributed by atoms with van der Waals surface area (Å²) in [4.78, 5) is 13.1. The largest absolute Gasteiger partial charge is 0.373 e. The number of carbonyl (C=O) groups is 1. The van der Waals surface area contributed by atoms with Gasteiger partial charge in [-0.2, -0.15) is 18.6 Å². The number of amides is 2. The maximum Gasteiger partial charge on any atom is 0.333 e. The number of benzene rings is 1. The molecule has 1 fully saturated rings. The fourth-order valence-electron chi connectivity index (χ4n) is 5.56. The third-order valence-electron chi connectivity index (χ3n) is 7.54. The molecule has 0 radical (unpaired) electrons. The molecule has 1 atom stereocenters. The predicted octanol–water partition coefficient (Wildman–Crippen LogP) is 3.68. The molecule has 1 unspecified atom stereocenters. The van der Waals surface area contributed by atoms with Crippen LogP contribution in [0.1, 0.15) is 42.1 Å². The molecule has 11 heteroatoms. The number of pyridine rings is 1. The van der Waals surface area contributed by atoms with E-state index < -0.39 is 16.1 Å². The Hall–Kier alpha value is -3.70. The zero-order valence-electron chi connectivity index (χ0n) is 20.1. The Kier molecular flexibility index (Phi) is 5.12. The second-order valence-corrected chi connectivity index (χ2v) is 11.6. The van der Waals surface area contributed by atoms with E-state index in [0.29, 0.717) is 30.5 Å². The van der Waals surface area contributed by atoms with Crippen molar-refractivity contribution in [3.05, 3.63) is 65.6 Å². The molecule has 2 amide bonds. The predicted molar refractivity (Wildman–Crippen MR) is 136 cm³/mol. The van der Waals surface area contributed by atoms with Gasteiger partial charge in [0.15, 0.2) is 5.03 Å². The van der Waals surface area contributed by atoms with E-state index in [1.807, 2.05) is 30.5 Å². The Bertz CT molecular complexity index is 1650. The molecule has 1 saturated carbocycles. The first-order chi connectivity index (χ1) is 18.0. The zero-order chi connectivity index (χ0) is 25.1. The van der Waals surface area contributed by atoms with Crippen LogP contribution in [0.25, 0.3) is 16.6 Å². The number of sulfonamides is 1. The van der Waals surface area contributed by atoms with E-state index in [-0.39, 0.29) is 11.1 Å². The summed E-state index contributed by atoms with van der Waals surface area (Å²) in [7, 11) is -4.18. The Balaban J connectivity index is 1.18. The van der Waals surface area contributed by atoms with E-state index in [9.17, 15) is 13.2 Å². The lowest BCUT2D eigenvalue weighted by Gasteiger charge is -2.24. The maximum absolute atomic E-state index is 13.2. The van der Waals surface area contributed by atoms with Gasteiger partial charge < -0.3 is 10.1 Å². The van der Waals surface area contributed by atoms with Gasteiger partial charge in [0.25, 0.3) is 10.0 Å². The highest BCUT2D eigenvalue weighted by Gasteiger charge is 2.37. The summed E-state index contributed by atoms with van der Waals surface area (Å²) in [6.07, 6.45) is 8.51. The summed E-state index contributed by atoms with van der Waals surface area (Å²) in [6.45, 7) is 0.832. The average Bonchev–Trinajstić information content (AvgIpc) is 3.26. The van der Waals surface area contributed by atoms with Gasteiger partial charge >= 0.3 is 6.03 Å². The molecule has 2 aliphatic carbocycles. The van der Waals surface area contributed by atoms with Gasteiger partial charge in [-0.25, -0.2) is 14.0 Å². The third kappa shape index (κ3) is 3.98. The van der Waals surface area contributed by atoms with E-state index in [2.05, 4.69) is 26.3 Å². The van der Waals surface area contributed by atoms with Crippen molar-refractivity contribution >= 4 is 27.3 Å². The Morgan fingerprint density at radius 2 is 2.00 bits per heavy atom. The van der Waals surface area contributed by atoms with Gasteiger partial charge in [0, 0.05) is 24.0 Å². The average molecular weight is 519 g/mol. The van der Waals surface area contributed by atoms with Crippen molar-refractivity contribution in [3.63, 3.8) is 0 Å². The van der Waals surface area contributed by atoms with E-state index in [1.54, 1.807) is 15.4 Å². The SMILES string of the molecule is O=C(Nc1c(-c2ccn3nccc3c2)ccc2c1CCC2)NS(=O)(=O)c1cc2n(n1)C(C1CC1)COC2. The number of aryl methyl sites for hydroxylation is 1. The van der Waals surface area contributed by atoms with Gasteiger partial charge in [-0.05, 0) is 72.9 Å². The fraction of sp³-hybridized carbons (Fsp3) is 0.346. The molecule has 4 aromatic rings. The van der Waals surface area contributed by atoms with Gasteiger partial charge in [0.2, 0.25) is 0 Å². The monoisotopic (exact) mass is 518 g/mol. The molecule has 190 valence electrons. The highest BCUT2D eigenvalue weighted by molar-refractivity contribution is 7.90. The molecule has 3 aromatic heterocycles. The highest BCUT2D eigenvalue weighted by atomic mass is 32.2. The van der Waals surface area contributed by atoms with E-state index in [1.165, 1.54) is 11.6 Å². The van der Waals surface area contributed by atoms with Gasteiger partial charge in [-0.3, -0.25) is 4.68 Å². The molecule has 0 bridgehead atoms. The van der Waals surface area contributed by atoms with Crippen LogP contribution in [0.3, 0.4) is 0 Å². The molecule has 4 heterocycles. The summed E-state index contributed by atoms with van der Waals surface area (Å²) in [5.41, 5.74) is 6.22. The summed E-state index contributed by atoms with van der Waals surface area (Å²) >= 11 is 0. The fourth-order valence-corrected chi connectivity index (χ4v) is 6.44. The van der Waals surface area contributed by atoms with Crippen LogP contribution in [0.15, 0.2) is 53.8 Å². The molecule has 1 aliphatic heterocycles. The van der Waals surface area contributed by atoms with Crippen molar-refractivity contribution in [1.29, 1.82) is 0 Å². The minimum Gasteiger partial charge on any atom is -0.373 e. The second kappa shape index (κ2) is 8.42. The highest BCUT2D eigenvalue weighted by Crippen LogP contribution is 2.42. The number of nitrogens with one attached hydrogen (secondary N) is 2. The number of anilines is 1. The van der Waals surface area contributed by atoms with Gasteiger partial charge in [0.05, 0.1) is 36.2 Å². The smallest absolute Gasteiger partial charge is 0.333 e. The number of aromatic nitrogens is 4. The van der Waals surface area contributed by atoms with Crippen LogP contribution >= 0.6 is 0 Å². The topological polar surface area (TPSA) is 120 Å². The second-order valence-electron chi connectivity index (χ2n) is 9.99. The van der Waals surface area contributed by atoms with Crippen LogP contribution in [0.2, 0.25) is 0 Å². The molecule has 37 heavy (non-hydrogen) atoms. The van der Waals surface area contributed by atoms with E-state index in [0.717, 1.165) is 54.3 Å². The van der Waals surface area contributed by atoms with Crippen LogP contribution in [0, 0.1) is 5.92 Å². The van der Waals surface area contributed by atoms with Crippen molar-refractivity contribution in [2.75, 3.05) is 11.9 Å². The number of hydrogen-bond donors (Lipinski definition) is 2. The number of urea groups is 1. The maximum atomic E-state index is 13.2. The molecule has 2 N–H and O–H groups in total. The molecular weight excluding hydrogens is 492 g/mol. The molecular formula is C26H26N6O4S. The summed E-state index contributed by atoms with van der Waals surface area (Å²) < 4.78 is 37.7. The van der Waals surface area contributed by atoms with Gasteiger partial charge in [-0.1, -0.05) is 12.1 Å².